The molecule has 1 aliphatic heterocycles. The Bertz CT molecular complexity index is 383. The maximum atomic E-state index is 11.4. The SMILES string of the molecule is C=C[C@@H]1CC(=O)N1c1ccc(OC)cc1. The van der Waals surface area contributed by atoms with Crippen molar-refractivity contribution in [3.63, 3.8) is 0 Å². The lowest BCUT2D eigenvalue weighted by Crippen LogP contribution is -2.51. The minimum absolute atomic E-state index is 0.144. The lowest BCUT2D eigenvalue weighted by Gasteiger charge is -2.38. The number of rotatable bonds is 3. The quantitative estimate of drug-likeness (QED) is 0.555. The molecule has 1 aromatic rings. The van der Waals surface area contributed by atoms with Gasteiger partial charge in [-0.2, -0.15) is 0 Å². The Kier molecular flexibility index (Phi) is 2.46. The summed E-state index contributed by atoms with van der Waals surface area (Å²) in [6.45, 7) is 3.71. The van der Waals surface area contributed by atoms with E-state index in [9.17, 15) is 4.79 Å². The van der Waals surface area contributed by atoms with Crippen LogP contribution in [0.2, 0.25) is 0 Å². The summed E-state index contributed by atoms with van der Waals surface area (Å²) in [5.74, 6) is 0.937. The van der Waals surface area contributed by atoms with Crippen molar-refractivity contribution in [2.75, 3.05) is 12.0 Å². The van der Waals surface area contributed by atoms with Gasteiger partial charge in [0.15, 0.2) is 0 Å². The van der Waals surface area contributed by atoms with Crippen molar-refractivity contribution in [3.05, 3.63) is 36.9 Å². The second-order valence-corrected chi connectivity index (χ2v) is 3.47. The van der Waals surface area contributed by atoms with Crippen LogP contribution in [0.3, 0.4) is 0 Å². The van der Waals surface area contributed by atoms with Crippen molar-refractivity contribution >= 4 is 11.6 Å². The number of ether oxygens (including phenoxy) is 1. The van der Waals surface area contributed by atoms with Gasteiger partial charge in [0.1, 0.15) is 5.75 Å². The molecule has 0 spiro atoms. The molecule has 15 heavy (non-hydrogen) atoms. The molecule has 0 aromatic heterocycles. The number of β-lactam (4-membered cyclic amide) rings is 1. The van der Waals surface area contributed by atoms with Crippen LogP contribution in [0.15, 0.2) is 36.9 Å². The predicted molar refractivity (Wildman–Crippen MR) is 59.1 cm³/mol. The van der Waals surface area contributed by atoms with Crippen molar-refractivity contribution in [1.29, 1.82) is 0 Å². The van der Waals surface area contributed by atoms with E-state index in [1.165, 1.54) is 0 Å². The van der Waals surface area contributed by atoms with E-state index in [1.807, 2.05) is 24.3 Å². The summed E-state index contributed by atoms with van der Waals surface area (Å²) in [6, 6.07) is 7.60. The van der Waals surface area contributed by atoms with Crippen LogP contribution in [-0.2, 0) is 4.79 Å². The molecule has 2 rings (SSSR count). The Balaban J connectivity index is 2.21. The third kappa shape index (κ3) is 1.61. The molecule has 0 bridgehead atoms. The Morgan fingerprint density at radius 1 is 1.47 bits per heavy atom. The highest BCUT2D eigenvalue weighted by molar-refractivity contribution is 6.01. The lowest BCUT2D eigenvalue weighted by molar-refractivity contribution is -0.123. The molecule has 1 aromatic carbocycles. The summed E-state index contributed by atoms with van der Waals surface area (Å²) in [5.41, 5.74) is 0.900. The van der Waals surface area contributed by atoms with Crippen molar-refractivity contribution < 1.29 is 9.53 Å². The van der Waals surface area contributed by atoms with E-state index in [4.69, 9.17) is 4.74 Å². The summed E-state index contributed by atoms with van der Waals surface area (Å²) in [5, 5.41) is 0. The highest BCUT2D eigenvalue weighted by Gasteiger charge is 2.34. The first-order valence-electron chi connectivity index (χ1n) is 4.85. The van der Waals surface area contributed by atoms with Gasteiger partial charge in [-0.15, -0.1) is 6.58 Å². The molecule has 1 aliphatic rings. The number of carbonyl (C=O) groups is 1. The first-order chi connectivity index (χ1) is 7.26. The van der Waals surface area contributed by atoms with Gasteiger partial charge in [-0.05, 0) is 24.3 Å². The number of methoxy groups -OCH3 is 1. The number of hydrogen-bond acceptors (Lipinski definition) is 2. The zero-order valence-corrected chi connectivity index (χ0v) is 8.64. The molecule has 0 N–H and O–H groups in total. The largest absolute Gasteiger partial charge is 0.497 e. The summed E-state index contributed by atoms with van der Waals surface area (Å²) < 4.78 is 5.06. The van der Waals surface area contributed by atoms with Gasteiger partial charge in [-0.1, -0.05) is 6.08 Å². The van der Waals surface area contributed by atoms with Crippen LogP contribution in [0.1, 0.15) is 6.42 Å². The molecule has 0 unspecified atom stereocenters. The summed E-state index contributed by atoms with van der Waals surface area (Å²) >= 11 is 0. The maximum absolute atomic E-state index is 11.4. The molecule has 3 heteroatoms. The molecular formula is C12H13NO2. The molecule has 0 saturated carbocycles. The summed E-state index contributed by atoms with van der Waals surface area (Å²) in [7, 11) is 1.62. The molecule has 3 nitrogen and oxygen atoms in total. The smallest absolute Gasteiger partial charge is 0.229 e. The molecular weight excluding hydrogens is 190 g/mol. The Labute approximate surface area is 89.0 Å². The van der Waals surface area contributed by atoms with E-state index in [0.29, 0.717) is 6.42 Å². The first kappa shape index (κ1) is 9.77. The van der Waals surface area contributed by atoms with E-state index in [1.54, 1.807) is 18.1 Å². The number of carbonyl (C=O) groups excluding carboxylic acids is 1. The second-order valence-electron chi connectivity index (χ2n) is 3.47. The second kappa shape index (κ2) is 3.77. The van der Waals surface area contributed by atoms with Crippen LogP contribution in [-0.4, -0.2) is 19.1 Å². The van der Waals surface area contributed by atoms with Crippen molar-refractivity contribution in [3.8, 4) is 5.75 Å². The third-order valence-electron chi connectivity index (χ3n) is 2.61. The van der Waals surface area contributed by atoms with Crippen molar-refractivity contribution in [1.82, 2.24) is 0 Å². The van der Waals surface area contributed by atoms with Crippen LogP contribution in [0.5, 0.6) is 5.75 Å². The van der Waals surface area contributed by atoms with Crippen LogP contribution < -0.4 is 9.64 Å². The number of benzene rings is 1. The third-order valence-corrected chi connectivity index (χ3v) is 2.61. The van der Waals surface area contributed by atoms with E-state index < -0.39 is 0 Å². The molecule has 0 radical (unpaired) electrons. The van der Waals surface area contributed by atoms with Gasteiger partial charge in [0.2, 0.25) is 5.91 Å². The molecule has 1 saturated heterocycles. The topological polar surface area (TPSA) is 29.5 Å². The minimum Gasteiger partial charge on any atom is -0.497 e. The van der Waals surface area contributed by atoms with Crippen LogP contribution in [0, 0.1) is 0 Å². The predicted octanol–water partition coefficient (Wildman–Crippen LogP) is 1.99. The molecule has 1 atom stereocenters. The molecule has 0 aliphatic carbocycles. The molecule has 1 heterocycles. The van der Waals surface area contributed by atoms with Gasteiger partial charge < -0.3 is 9.64 Å². The van der Waals surface area contributed by atoms with E-state index in [2.05, 4.69) is 6.58 Å². The first-order valence-corrected chi connectivity index (χ1v) is 4.85. The zero-order chi connectivity index (χ0) is 10.8. The van der Waals surface area contributed by atoms with Gasteiger partial charge in [-0.3, -0.25) is 4.79 Å². The van der Waals surface area contributed by atoms with Crippen LogP contribution >= 0.6 is 0 Å². The minimum atomic E-state index is 0.144. The lowest BCUT2D eigenvalue weighted by atomic mass is 10.0. The van der Waals surface area contributed by atoms with Gasteiger partial charge in [0.25, 0.3) is 0 Å². The number of hydrogen-bond donors (Lipinski definition) is 0. The fourth-order valence-electron chi connectivity index (χ4n) is 1.71. The molecule has 78 valence electrons. The number of nitrogens with zero attached hydrogens (tertiary/aromatic N) is 1. The fraction of sp³-hybridized carbons (Fsp3) is 0.250. The standard InChI is InChI=1S/C12H13NO2/c1-3-9-8-12(14)13(9)10-4-6-11(15-2)7-5-10/h3-7,9H,1,8H2,2H3/t9-/m1/s1. The Morgan fingerprint density at radius 3 is 2.60 bits per heavy atom. The molecule has 1 fully saturated rings. The Hall–Kier alpha value is -1.77. The van der Waals surface area contributed by atoms with Crippen LogP contribution in [0.4, 0.5) is 5.69 Å². The van der Waals surface area contributed by atoms with E-state index in [0.717, 1.165) is 11.4 Å². The Morgan fingerprint density at radius 2 is 2.13 bits per heavy atom. The zero-order valence-electron chi connectivity index (χ0n) is 8.64. The van der Waals surface area contributed by atoms with Gasteiger partial charge in [-0.25, -0.2) is 0 Å². The number of anilines is 1. The van der Waals surface area contributed by atoms with Gasteiger partial charge >= 0.3 is 0 Å². The maximum Gasteiger partial charge on any atom is 0.229 e. The summed E-state index contributed by atoms with van der Waals surface area (Å²) in [4.78, 5) is 13.1. The summed E-state index contributed by atoms with van der Waals surface area (Å²) in [6.07, 6.45) is 2.36. The van der Waals surface area contributed by atoms with E-state index in [-0.39, 0.29) is 11.9 Å². The fourth-order valence-corrected chi connectivity index (χ4v) is 1.71. The average molecular weight is 203 g/mol. The van der Waals surface area contributed by atoms with Crippen LogP contribution in [0.25, 0.3) is 0 Å². The van der Waals surface area contributed by atoms with Gasteiger partial charge in [0.05, 0.1) is 19.6 Å². The highest BCUT2D eigenvalue weighted by Crippen LogP contribution is 2.29. The van der Waals surface area contributed by atoms with Crippen molar-refractivity contribution in [2.45, 2.75) is 12.5 Å². The van der Waals surface area contributed by atoms with Crippen molar-refractivity contribution in [2.24, 2.45) is 0 Å². The molecule has 1 amide bonds. The van der Waals surface area contributed by atoms with E-state index >= 15 is 0 Å². The average Bonchev–Trinajstić information content (AvgIpc) is 2.26. The monoisotopic (exact) mass is 203 g/mol. The number of amides is 1. The van der Waals surface area contributed by atoms with Gasteiger partial charge in [0, 0.05) is 5.69 Å². The highest BCUT2D eigenvalue weighted by atomic mass is 16.5. The normalized spacial score (nSPS) is 19.7.